The highest BCUT2D eigenvalue weighted by atomic mass is 35.5. The van der Waals surface area contributed by atoms with Crippen LogP contribution in [0.3, 0.4) is 0 Å². The van der Waals surface area contributed by atoms with Crippen LogP contribution in [0.25, 0.3) is 43.6 Å². The minimum atomic E-state index is -1.57. The van der Waals surface area contributed by atoms with Gasteiger partial charge in [-0.15, -0.1) is 20.4 Å². The van der Waals surface area contributed by atoms with Gasteiger partial charge in [-0.05, 0) is 213 Å². The minimum Gasteiger partial charge on any atom is -0.481 e. The molecule has 4 atom stereocenters. The van der Waals surface area contributed by atoms with Crippen LogP contribution in [-0.2, 0) is 90.9 Å². The average molecular weight is 2090 g/mol. The van der Waals surface area contributed by atoms with E-state index in [-0.39, 0.29) is 0 Å². The van der Waals surface area contributed by atoms with Crippen LogP contribution in [0.2, 0.25) is 20.1 Å². The lowest BCUT2D eigenvalue weighted by atomic mass is 9.82. The van der Waals surface area contributed by atoms with Gasteiger partial charge < -0.3 is 48.5 Å². The van der Waals surface area contributed by atoms with Gasteiger partial charge in [0.1, 0.15) is 23.0 Å². The summed E-state index contributed by atoms with van der Waals surface area (Å²) in [5.74, 6) is 5.82. The summed E-state index contributed by atoms with van der Waals surface area (Å²) in [5.41, 5.74) is 10.2. The molecule has 17 aromatic rings. The lowest BCUT2D eigenvalue weighted by Crippen LogP contribution is -2.44. The lowest BCUT2D eigenvalue weighted by Gasteiger charge is -2.37. The fourth-order valence-corrected chi connectivity index (χ4v) is 22.4. The number of hydrogen-bond acceptors (Lipinski definition) is 29. The fourth-order valence-electron chi connectivity index (χ4n) is 21.2. The Hall–Kier alpha value is -13.0. The molecular formula is C108H126Cl4N28O8. The van der Waals surface area contributed by atoms with Gasteiger partial charge in [0.15, 0.2) is 22.4 Å². The van der Waals surface area contributed by atoms with Crippen molar-refractivity contribution >= 4 is 90.0 Å². The van der Waals surface area contributed by atoms with Crippen LogP contribution < -0.4 is 18.9 Å². The SMILES string of the molecule is COc1nc2ccc(C(O)(c3ccc(C)nc3C)c3cnnn3C)cc2c(Cl)c1CN1CC(C)C1.COc1nc2ccc(C(O)(c3ccc(C)nc3C)c3cnnn3C)cc2c(Cl)c1CN1CCC(n2cccn2)CC1.COc1nc2ccc(C(O)(c3cnnn3C)c3cnc(C)n3C)cc2c(Cl)c1CN1CCC(C)CC1.COc1nc2ccc(C(O)(c3cnnn3C)c3cnc(C)n3C)cc2c(Cl)c1CN1CCC(C)CC1. The van der Waals surface area contributed by atoms with Gasteiger partial charge in [0.05, 0.1) is 137 Å². The number of imidazole rings is 2. The highest BCUT2D eigenvalue weighted by molar-refractivity contribution is 6.38. The Bertz CT molecular complexity index is 7490. The summed E-state index contributed by atoms with van der Waals surface area (Å²) in [6.07, 6.45) is 20.2. The van der Waals surface area contributed by atoms with E-state index in [1.807, 2.05) is 185 Å². The number of methoxy groups -OCH3 is 4. The first-order valence-electron chi connectivity index (χ1n) is 49.7. The third-order valence-electron chi connectivity index (χ3n) is 30.0. The van der Waals surface area contributed by atoms with Crippen LogP contribution in [0.5, 0.6) is 23.5 Å². The molecule has 13 aromatic heterocycles. The fraction of sp³-hybridized carbons (Fsp3) is 0.417. The van der Waals surface area contributed by atoms with Crippen LogP contribution >= 0.6 is 46.4 Å². The molecule has 4 aliphatic heterocycles. The molecule has 4 unspecified atom stereocenters. The Balaban J connectivity index is 0.000000129. The van der Waals surface area contributed by atoms with Crippen molar-refractivity contribution in [1.82, 2.24) is 138 Å². The number of ether oxygens (including phenoxy) is 4. The molecule has 36 nitrogen and oxygen atoms in total. The number of aromatic nitrogens is 24. The standard InChI is InChI=1S/C30H33ClN8O2.2C26H32ClN7O2.C26H29ClN6O2/c1-19-6-8-25(20(2)34-19)30(40,27-17-32-36-37(27)3)21-7-9-26-23(16-21)28(31)24(29(35-26)41-4)18-38-14-10-22(11-15-38)39-13-5-12-33-39;2*1-16-8-10-34(11-9-16)15-20-24(27)19-12-18(6-7-21(19)30-25(20)36-5)26(35,23-14-29-31-33(23)4)22-13-28-17(2)32(22)3;1-15-12-33(13-15)14-20-24(27)19-10-18(7-9-22(19)30-25(20)35-5)26(34,23-11-28-31-32(23)4)21-8-6-16(2)29-17(21)3/h5-9,12-13,16-17,22,40H,10-11,14-15,18H2,1-4H3;2*6-7,12-14,16,35H,8-11,15H2,1-5H3;6-11,15,34H,12-14H2,1-5H3. The molecule has 4 fully saturated rings. The first-order valence-corrected chi connectivity index (χ1v) is 51.2. The first-order chi connectivity index (χ1) is 71.0. The van der Waals surface area contributed by atoms with E-state index in [0.29, 0.717) is 177 Å². The third kappa shape index (κ3) is 20.1. The second kappa shape index (κ2) is 43.3. The molecule has 774 valence electrons. The average Bonchev–Trinajstić information content (AvgIpc) is 0.866. The summed E-state index contributed by atoms with van der Waals surface area (Å²) in [4.78, 5) is 46.7. The Morgan fingerprint density at radius 1 is 0.351 bits per heavy atom. The molecule has 4 aromatic carbocycles. The zero-order valence-corrected chi connectivity index (χ0v) is 90.0. The van der Waals surface area contributed by atoms with E-state index < -0.39 is 22.4 Å². The largest absolute Gasteiger partial charge is 0.481 e. The highest BCUT2D eigenvalue weighted by Crippen LogP contribution is 2.49. The van der Waals surface area contributed by atoms with Crippen molar-refractivity contribution in [3.63, 3.8) is 0 Å². The number of aryl methyl sites for hydroxylation is 10. The number of aliphatic hydroxyl groups is 4. The van der Waals surface area contributed by atoms with E-state index >= 15 is 0 Å². The van der Waals surface area contributed by atoms with Crippen LogP contribution in [0, 0.1) is 59.3 Å². The van der Waals surface area contributed by atoms with Crippen molar-refractivity contribution < 1.29 is 39.4 Å². The van der Waals surface area contributed by atoms with E-state index in [2.05, 4.69) is 107 Å². The molecule has 0 radical (unpaired) electrons. The van der Waals surface area contributed by atoms with Crippen molar-refractivity contribution in [3.8, 4) is 23.5 Å². The Morgan fingerprint density at radius 2 is 0.649 bits per heavy atom. The second-order valence-electron chi connectivity index (χ2n) is 39.8. The second-order valence-corrected chi connectivity index (χ2v) is 41.3. The summed E-state index contributed by atoms with van der Waals surface area (Å²) < 4.78 is 34.7. The normalized spacial score (nSPS) is 16.6. The number of hydrogen-bond donors (Lipinski definition) is 4. The molecule has 17 heterocycles. The van der Waals surface area contributed by atoms with Crippen molar-refractivity contribution in [2.75, 3.05) is 80.8 Å². The molecule has 0 amide bonds. The van der Waals surface area contributed by atoms with Gasteiger partial charge >= 0.3 is 0 Å². The molecule has 0 bridgehead atoms. The van der Waals surface area contributed by atoms with Crippen molar-refractivity contribution in [1.29, 1.82) is 0 Å². The first kappa shape index (κ1) is 105. The Labute approximate surface area is 879 Å². The van der Waals surface area contributed by atoms with Gasteiger partial charge in [0, 0.05) is 185 Å². The number of fused-ring (bicyclic) bond motifs is 4. The van der Waals surface area contributed by atoms with Gasteiger partial charge in [-0.2, -0.15) is 5.10 Å². The van der Waals surface area contributed by atoms with Gasteiger partial charge in [-0.3, -0.25) is 34.2 Å². The summed E-state index contributed by atoms with van der Waals surface area (Å²) in [7, 11) is 17.3. The number of likely N-dealkylation sites (tertiary alicyclic amines) is 4. The molecule has 4 saturated heterocycles. The summed E-state index contributed by atoms with van der Waals surface area (Å²) in [6.45, 7) is 28.8. The molecule has 0 saturated carbocycles. The van der Waals surface area contributed by atoms with Crippen LogP contribution in [0.1, 0.15) is 190 Å². The van der Waals surface area contributed by atoms with E-state index in [4.69, 9.17) is 85.3 Å². The maximum atomic E-state index is 12.5. The van der Waals surface area contributed by atoms with E-state index in [0.717, 1.165) is 150 Å². The zero-order chi connectivity index (χ0) is 105. The van der Waals surface area contributed by atoms with Crippen molar-refractivity contribution in [2.24, 2.45) is 60.0 Å². The van der Waals surface area contributed by atoms with Gasteiger partial charge in [-0.1, -0.05) is 124 Å². The maximum absolute atomic E-state index is 12.5. The highest BCUT2D eigenvalue weighted by Gasteiger charge is 2.46. The quantitative estimate of drug-likeness (QED) is 0.0413. The predicted molar refractivity (Wildman–Crippen MR) is 567 cm³/mol. The number of piperidine rings is 3. The minimum absolute atomic E-state index is 0.398. The number of benzene rings is 4. The van der Waals surface area contributed by atoms with Crippen molar-refractivity contribution in [2.45, 2.75) is 155 Å². The van der Waals surface area contributed by atoms with Gasteiger partial charge in [0.2, 0.25) is 23.5 Å². The number of rotatable bonds is 25. The van der Waals surface area contributed by atoms with E-state index in [9.17, 15) is 20.4 Å². The number of pyridine rings is 6. The van der Waals surface area contributed by atoms with E-state index in [1.165, 1.54) is 25.7 Å². The topological polar surface area (TPSA) is 384 Å². The zero-order valence-electron chi connectivity index (χ0n) is 86.9. The molecule has 0 aliphatic carbocycles. The molecule has 148 heavy (non-hydrogen) atoms. The van der Waals surface area contributed by atoms with Gasteiger partial charge in [-0.25, -0.2) is 48.6 Å². The Morgan fingerprint density at radius 3 is 0.912 bits per heavy atom. The predicted octanol–water partition coefficient (Wildman–Crippen LogP) is 15.3. The molecule has 4 aliphatic rings. The molecular weight excluding hydrogens is 1960 g/mol. The summed E-state index contributed by atoms with van der Waals surface area (Å²) in [6, 6.07) is 32.4. The Kier molecular flexibility index (Phi) is 30.7. The smallest absolute Gasteiger partial charge is 0.219 e. The number of nitrogens with zero attached hydrogens (tertiary/aromatic N) is 28. The van der Waals surface area contributed by atoms with Crippen molar-refractivity contribution in [3.05, 3.63) is 297 Å². The van der Waals surface area contributed by atoms with Crippen LogP contribution in [0.4, 0.5) is 0 Å². The van der Waals surface area contributed by atoms with E-state index in [1.54, 1.807) is 113 Å². The monoisotopic (exact) mass is 2080 g/mol. The molecule has 40 heteroatoms. The summed E-state index contributed by atoms with van der Waals surface area (Å²) >= 11 is 28.3. The molecule has 21 rings (SSSR count). The molecule has 0 spiro atoms. The van der Waals surface area contributed by atoms with Gasteiger partial charge in [0.25, 0.3) is 0 Å². The van der Waals surface area contributed by atoms with Crippen LogP contribution in [0.15, 0.2) is 153 Å². The maximum Gasteiger partial charge on any atom is 0.219 e. The number of halogens is 4. The third-order valence-corrected chi connectivity index (χ3v) is 31.7. The van der Waals surface area contributed by atoms with Crippen LogP contribution in [-0.4, -0.2) is 240 Å². The lowest BCUT2D eigenvalue weighted by molar-refractivity contribution is 0.103. The molecule has 4 N–H and O–H groups in total. The summed E-state index contributed by atoms with van der Waals surface area (Å²) in [5, 5.41) is 91.7.